The van der Waals surface area contributed by atoms with Gasteiger partial charge in [0.05, 0.1) is 32.5 Å². The standard InChI is InChI=1S/C26H27N3O4/c1-28(2)23-13-11-21(12-14-23)25(30)29(18-20-7-15-24(32-3)16-8-20)27-17-19-5-9-22(10-6-19)26(31)33-4/h5-17H,18H2,1-4H3/b27-17+. The summed E-state index contributed by atoms with van der Waals surface area (Å²) in [7, 11) is 6.84. The quantitative estimate of drug-likeness (QED) is 0.295. The first-order valence-electron chi connectivity index (χ1n) is 10.4. The molecular formula is C26H27N3O4. The van der Waals surface area contributed by atoms with Crippen molar-refractivity contribution < 1.29 is 19.1 Å². The van der Waals surface area contributed by atoms with Gasteiger partial charge in [0.2, 0.25) is 0 Å². The average Bonchev–Trinajstić information content (AvgIpc) is 2.86. The third kappa shape index (κ3) is 6.20. The lowest BCUT2D eigenvalue weighted by Gasteiger charge is -2.18. The zero-order valence-electron chi connectivity index (χ0n) is 19.2. The molecule has 0 aliphatic rings. The number of hydrazone groups is 1. The van der Waals surface area contributed by atoms with E-state index in [-0.39, 0.29) is 12.5 Å². The zero-order chi connectivity index (χ0) is 23.8. The van der Waals surface area contributed by atoms with E-state index in [1.54, 1.807) is 49.7 Å². The molecule has 0 radical (unpaired) electrons. The first kappa shape index (κ1) is 23.5. The summed E-state index contributed by atoms with van der Waals surface area (Å²) in [6, 6.07) is 21.7. The van der Waals surface area contributed by atoms with Gasteiger partial charge in [-0.3, -0.25) is 4.79 Å². The normalized spacial score (nSPS) is 10.7. The van der Waals surface area contributed by atoms with Gasteiger partial charge in [-0.1, -0.05) is 24.3 Å². The average molecular weight is 446 g/mol. The molecule has 3 aromatic rings. The highest BCUT2D eigenvalue weighted by Crippen LogP contribution is 2.18. The fraction of sp³-hybridized carbons (Fsp3) is 0.192. The molecular weight excluding hydrogens is 418 g/mol. The second kappa shape index (κ2) is 10.9. The molecule has 0 N–H and O–H groups in total. The van der Waals surface area contributed by atoms with E-state index in [0.29, 0.717) is 11.1 Å². The molecule has 170 valence electrons. The van der Waals surface area contributed by atoms with Gasteiger partial charge in [-0.05, 0) is 59.7 Å². The van der Waals surface area contributed by atoms with Crippen LogP contribution in [0.5, 0.6) is 5.75 Å². The maximum atomic E-state index is 13.3. The lowest BCUT2D eigenvalue weighted by molar-refractivity contribution is 0.0600. The van der Waals surface area contributed by atoms with E-state index >= 15 is 0 Å². The zero-order valence-corrected chi connectivity index (χ0v) is 19.2. The summed E-state index contributed by atoms with van der Waals surface area (Å²) < 4.78 is 9.94. The molecule has 0 aliphatic heterocycles. The minimum absolute atomic E-state index is 0.224. The van der Waals surface area contributed by atoms with Crippen LogP contribution in [-0.2, 0) is 11.3 Å². The van der Waals surface area contributed by atoms with Gasteiger partial charge in [-0.2, -0.15) is 5.10 Å². The Morgan fingerprint density at radius 2 is 1.45 bits per heavy atom. The van der Waals surface area contributed by atoms with Gasteiger partial charge in [-0.25, -0.2) is 9.80 Å². The van der Waals surface area contributed by atoms with Gasteiger partial charge in [0, 0.05) is 25.3 Å². The van der Waals surface area contributed by atoms with E-state index in [0.717, 1.165) is 22.6 Å². The molecule has 33 heavy (non-hydrogen) atoms. The second-order valence-corrected chi connectivity index (χ2v) is 7.51. The molecule has 0 atom stereocenters. The minimum atomic E-state index is -0.407. The fourth-order valence-electron chi connectivity index (χ4n) is 3.08. The van der Waals surface area contributed by atoms with Gasteiger partial charge < -0.3 is 14.4 Å². The van der Waals surface area contributed by atoms with Crippen molar-refractivity contribution >= 4 is 23.8 Å². The molecule has 0 aliphatic carbocycles. The number of rotatable bonds is 8. The van der Waals surface area contributed by atoms with E-state index in [1.165, 1.54) is 12.1 Å². The summed E-state index contributed by atoms with van der Waals surface area (Å²) in [6.07, 6.45) is 1.59. The summed E-state index contributed by atoms with van der Waals surface area (Å²) in [5.41, 5.74) is 3.64. The van der Waals surface area contributed by atoms with Crippen molar-refractivity contribution in [3.63, 3.8) is 0 Å². The molecule has 1 amide bonds. The van der Waals surface area contributed by atoms with Crippen molar-refractivity contribution in [1.29, 1.82) is 0 Å². The summed E-state index contributed by atoms with van der Waals surface area (Å²) in [6.45, 7) is 0.287. The van der Waals surface area contributed by atoms with E-state index < -0.39 is 5.97 Å². The van der Waals surface area contributed by atoms with E-state index in [2.05, 4.69) is 5.10 Å². The van der Waals surface area contributed by atoms with Gasteiger partial charge in [0.25, 0.3) is 5.91 Å². The third-order valence-corrected chi connectivity index (χ3v) is 5.03. The number of ether oxygens (including phenoxy) is 2. The van der Waals surface area contributed by atoms with Crippen LogP contribution >= 0.6 is 0 Å². The Kier molecular flexibility index (Phi) is 7.81. The number of hydrogen-bond acceptors (Lipinski definition) is 6. The number of carbonyl (C=O) groups excluding carboxylic acids is 2. The summed E-state index contributed by atoms with van der Waals surface area (Å²) in [5.74, 6) is 0.111. The number of methoxy groups -OCH3 is 2. The van der Waals surface area contributed by atoms with E-state index in [4.69, 9.17) is 9.47 Å². The van der Waals surface area contributed by atoms with Gasteiger partial charge >= 0.3 is 5.97 Å². The van der Waals surface area contributed by atoms with Crippen LogP contribution < -0.4 is 9.64 Å². The number of anilines is 1. The topological polar surface area (TPSA) is 71.4 Å². The van der Waals surface area contributed by atoms with Crippen molar-refractivity contribution in [2.24, 2.45) is 5.10 Å². The van der Waals surface area contributed by atoms with Gasteiger partial charge in [-0.15, -0.1) is 0 Å². The third-order valence-electron chi connectivity index (χ3n) is 5.03. The first-order valence-corrected chi connectivity index (χ1v) is 10.4. The van der Waals surface area contributed by atoms with Crippen molar-refractivity contribution in [3.05, 3.63) is 95.1 Å². The Labute approximate surface area is 193 Å². The molecule has 0 bridgehead atoms. The number of nitrogens with zero attached hydrogens (tertiary/aromatic N) is 3. The molecule has 7 heteroatoms. The van der Waals surface area contributed by atoms with Crippen LogP contribution in [0.15, 0.2) is 77.9 Å². The van der Waals surface area contributed by atoms with Crippen molar-refractivity contribution in [3.8, 4) is 5.75 Å². The van der Waals surface area contributed by atoms with Gasteiger partial charge in [0.15, 0.2) is 0 Å². The predicted molar refractivity (Wildman–Crippen MR) is 129 cm³/mol. The largest absolute Gasteiger partial charge is 0.497 e. The summed E-state index contributed by atoms with van der Waals surface area (Å²) >= 11 is 0. The fourth-order valence-corrected chi connectivity index (χ4v) is 3.08. The molecule has 0 aromatic heterocycles. The Hall–Kier alpha value is -4.13. The predicted octanol–water partition coefficient (Wildman–Crippen LogP) is 4.22. The van der Waals surface area contributed by atoms with Crippen LogP contribution in [0.4, 0.5) is 5.69 Å². The van der Waals surface area contributed by atoms with Crippen LogP contribution in [-0.4, -0.2) is 51.4 Å². The monoisotopic (exact) mass is 445 g/mol. The van der Waals surface area contributed by atoms with E-state index in [9.17, 15) is 9.59 Å². The minimum Gasteiger partial charge on any atom is -0.497 e. The Balaban J connectivity index is 1.85. The molecule has 7 nitrogen and oxygen atoms in total. The lowest BCUT2D eigenvalue weighted by atomic mass is 10.1. The number of esters is 1. The lowest BCUT2D eigenvalue weighted by Crippen LogP contribution is -2.26. The van der Waals surface area contributed by atoms with Crippen molar-refractivity contribution in [1.82, 2.24) is 5.01 Å². The number of amides is 1. The number of hydrogen-bond donors (Lipinski definition) is 0. The Bertz CT molecular complexity index is 1110. The molecule has 0 heterocycles. The molecule has 0 saturated carbocycles. The molecule has 3 rings (SSSR count). The first-order chi connectivity index (χ1) is 15.9. The maximum absolute atomic E-state index is 13.3. The Morgan fingerprint density at radius 1 is 0.848 bits per heavy atom. The highest BCUT2D eigenvalue weighted by Gasteiger charge is 2.16. The van der Waals surface area contributed by atoms with Gasteiger partial charge in [0.1, 0.15) is 5.75 Å². The van der Waals surface area contributed by atoms with Crippen LogP contribution in [0, 0.1) is 0 Å². The van der Waals surface area contributed by atoms with E-state index in [1.807, 2.05) is 55.4 Å². The molecule has 0 fully saturated rings. The smallest absolute Gasteiger partial charge is 0.337 e. The Morgan fingerprint density at radius 3 is 2.00 bits per heavy atom. The highest BCUT2D eigenvalue weighted by molar-refractivity contribution is 5.95. The summed E-state index contributed by atoms with van der Waals surface area (Å²) in [5, 5.41) is 5.88. The highest BCUT2D eigenvalue weighted by atomic mass is 16.5. The maximum Gasteiger partial charge on any atom is 0.337 e. The second-order valence-electron chi connectivity index (χ2n) is 7.51. The van der Waals surface area contributed by atoms with Crippen LogP contribution in [0.25, 0.3) is 0 Å². The van der Waals surface area contributed by atoms with Crippen LogP contribution in [0.1, 0.15) is 31.8 Å². The molecule has 0 unspecified atom stereocenters. The van der Waals surface area contributed by atoms with Crippen molar-refractivity contribution in [2.45, 2.75) is 6.54 Å². The summed E-state index contributed by atoms with van der Waals surface area (Å²) in [4.78, 5) is 26.9. The van der Waals surface area contributed by atoms with Crippen molar-refractivity contribution in [2.75, 3.05) is 33.2 Å². The molecule has 0 spiro atoms. The number of benzene rings is 3. The SMILES string of the molecule is COC(=O)c1ccc(/C=N/N(Cc2ccc(OC)cc2)C(=O)c2ccc(N(C)C)cc2)cc1. The van der Waals surface area contributed by atoms with Crippen LogP contribution in [0.2, 0.25) is 0 Å². The van der Waals surface area contributed by atoms with Crippen LogP contribution in [0.3, 0.4) is 0 Å². The number of carbonyl (C=O) groups is 2. The molecule has 0 saturated heterocycles. The molecule has 3 aromatic carbocycles.